The lowest BCUT2D eigenvalue weighted by molar-refractivity contribution is -0.137. The third-order valence-electron chi connectivity index (χ3n) is 4.66. The summed E-state index contributed by atoms with van der Waals surface area (Å²) < 4.78 is 50.3. The lowest BCUT2D eigenvalue weighted by Crippen LogP contribution is -2.17. The molecular formula is C19H16F3N3O3. The summed E-state index contributed by atoms with van der Waals surface area (Å²) in [6.07, 6.45) is -2.76. The molecule has 2 heterocycles. The molecule has 0 radical (unpaired) electrons. The molecule has 2 aromatic heterocycles. The molecule has 1 N–H and O–H groups in total. The number of nitrogens with one attached hydrogen (secondary N) is 1. The summed E-state index contributed by atoms with van der Waals surface area (Å²) in [6.45, 7) is 1.65. The molecular weight excluding hydrogens is 375 g/mol. The van der Waals surface area contributed by atoms with Gasteiger partial charge in [0, 0.05) is 11.6 Å². The Balaban J connectivity index is 1.76. The third-order valence-corrected chi connectivity index (χ3v) is 4.66. The Morgan fingerprint density at radius 1 is 1.29 bits per heavy atom. The summed E-state index contributed by atoms with van der Waals surface area (Å²) in [7, 11) is 1.27. The number of carbonyl (C=O) groups excluding carboxylic acids is 1. The van der Waals surface area contributed by atoms with Crippen LogP contribution in [0.15, 0.2) is 28.8 Å². The molecule has 0 unspecified atom stereocenters. The summed E-state index contributed by atoms with van der Waals surface area (Å²) in [6, 6.07) is 4.97. The summed E-state index contributed by atoms with van der Waals surface area (Å²) in [5.74, 6) is -0.410. The predicted molar refractivity (Wildman–Crippen MR) is 94.5 cm³/mol. The molecule has 0 aliphatic heterocycles. The number of methoxy groups -OCH3 is 1. The lowest BCUT2D eigenvalue weighted by Gasteiger charge is -2.15. The maximum atomic E-state index is 13.4. The van der Waals surface area contributed by atoms with Crippen LogP contribution in [-0.2, 0) is 6.18 Å². The number of nitrogens with zero attached hydrogens (tertiary/aromatic N) is 2. The zero-order valence-corrected chi connectivity index (χ0v) is 15.1. The van der Waals surface area contributed by atoms with Gasteiger partial charge in [0.2, 0.25) is 0 Å². The highest BCUT2D eigenvalue weighted by atomic mass is 19.4. The number of hydrogen-bond acceptors (Lipinski definition) is 5. The molecule has 1 fully saturated rings. The third kappa shape index (κ3) is 3.28. The van der Waals surface area contributed by atoms with Gasteiger partial charge in [0.15, 0.2) is 0 Å². The summed E-state index contributed by atoms with van der Waals surface area (Å²) >= 11 is 0. The van der Waals surface area contributed by atoms with Crippen molar-refractivity contribution in [3.8, 4) is 5.75 Å². The zero-order chi connectivity index (χ0) is 20.1. The van der Waals surface area contributed by atoms with E-state index >= 15 is 0 Å². The van der Waals surface area contributed by atoms with Gasteiger partial charge in [-0.1, -0.05) is 5.16 Å². The smallest absolute Gasteiger partial charge is 0.418 e. The van der Waals surface area contributed by atoms with E-state index in [-0.39, 0.29) is 28.6 Å². The first-order valence-electron chi connectivity index (χ1n) is 8.61. The largest absolute Gasteiger partial charge is 0.497 e. The highest BCUT2D eigenvalue weighted by Crippen LogP contribution is 2.41. The molecule has 0 atom stereocenters. The van der Waals surface area contributed by atoms with Crippen LogP contribution in [-0.4, -0.2) is 23.2 Å². The van der Waals surface area contributed by atoms with Crippen LogP contribution in [0.1, 0.15) is 46.1 Å². The van der Waals surface area contributed by atoms with E-state index in [1.165, 1.54) is 19.2 Å². The Morgan fingerprint density at radius 3 is 2.68 bits per heavy atom. The maximum absolute atomic E-state index is 13.4. The second kappa shape index (κ2) is 6.50. The first-order valence-corrected chi connectivity index (χ1v) is 8.61. The normalized spacial score (nSPS) is 14.3. The minimum Gasteiger partial charge on any atom is -0.497 e. The minimum absolute atomic E-state index is 0.0440. The molecule has 1 aromatic carbocycles. The number of pyridine rings is 1. The number of fused-ring (bicyclic) bond motifs is 1. The van der Waals surface area contributed by atoms with Crippen molar-refractivity contribution in [1.82, 2.24) is 10.1 Å². The molecule has 1 aliphatic rings. The van der Waals surface area contributed by atoms with E-state index in [2.05, 4.69) is 15.5 Å². The van der Waals surface area contributed by atoms with Gasteiger partial charge in [-0.05, 0) is 44.0 Å². The second-order valence-corrected chi connectivity index (χ2v) is 6.68. The zero-order valence-electron chi connectivity index (χ0n) is 15.1. The fourth-order valence-electron chi connectivity index (χ4n) is 3.06. The molecule has 9 heteroatoms. The van der Waals surface area contributed by atoms with Crippen LogP contribution < -0.4 is 10.1 Å². The number of benzene rings is 1. The van der Waals surface area contributed by atoms with Crippen molar-refractivity contribution in [3.63, 3.8) is 0 Å². The van der Waals surface area contributed by atoms with Gasteiger partial charge in [0.1, 0.15) is 5.75 Å². The van der Waals surface area contributed by atoms with E-state index < -0.39 is 17.6 Å². The van der Waals surface area contributed by atoms with Gasteiger partial charge in [-0.25, -0.2) is 4.98 Å². The Labute approximate surface area is 157 Å². The Hall–Kier alpha value is -3.10. The van der Waals surface area contributed by atoms with Crippen molar-refractivity contribution in [1.29, 1.82) is 0 Å². The molecule has 4 rings (SSSR count). The van der Waals surface area contributed by atoms with Crippen LogP contribution >= 0.6 is 0 Å². The second-order valence-electron chi connectivity index (χ2n) is 6.68. The standard InChI is InChI=1S/C19H16F3N3O3/c1-9-16-12(8-15(10-3-4-10)24-18(16)28-25-9)17(26)23-14-6-5-11(27-2)7-13(14)19(20,21)22/h5-8,10H,3-4H2,1-2H3,(H,23,26). The van der Waals surface area contributed by atoms with Gasteiger partial charge in [0.05, 0.1) is 35.0 Å². The molecule has 6 nitrogen and oxygen atoms in total. The lowest BCUT2D eigenvalue weighted by atomic mass is 10.1. The number of aromatic nitrogens is 2. The number of halogens is 3. The molecule has 0 spiro atoms. The van der Waals surface area contributed by atoms with Gasteiger partial charge >= 0.3 is 6.18 Å². The van der Waals surface area contributed by atoms with Crippen LogP contribution in [0.3, 0.4) is 0 Å². The number of alkyl halides is 3. The number of ether oxygens (including phenoxy) is 1. The molecule has 1 amide bonds. The fourth-order valence-corrected chi connectivity index (χ4v) is 3.06. The van der Waals surface area contributed by atoms with Gasteiger partial charge in [-0.15, -0.1) is 0 Å². The molecule has 28 heavy (non-hydrogen) atoms. The molecule has 1 aliphatic carbocycles. The van der Waals surface area contributed by atoms with Crippen molar-refractivity contribution in [3.05, 3.63) is 46.8 Å². The van der Waals surface area contributed by atoms with Crippen LogP contribution in [0.5, 0.6) is 5.75 Å². The van der Waals surface area contributed by atoms with Crippen molar-refractivity contribution < 1.29 is 27.2 Å². The minimum atomic E-state index is -4.66. The van der Waals surface area contributed by atoms with Crippen molar-refractivity contribution in [2.75, 3.05) is 12.4 Å². The van der Waals surface area contributed by atoms with Crippen LogP contribution in [0.25, 0.3) is 11.1 Å². The summed E-state index contributed by atoms with van der Waals surface area (Å²) in [4.78, 5) is 17.3. The first-order chi connectivity index (χ1) is 13.3. The Kier molecular flexibility index (Phi) is 4.24. The van der Waals surface area contributed by atoms with E-state index in [1.54, 1.807) is 13.0 Å². The molecule has 146 valence electrons. The van der Waals surface area contributed by atoms with Crippen molar-refractivity contribution in [2.45, 2.75) is 31.9 Å². The van der Waals surface area contributed by atoms with Gasteiger partial charge in [-0.3, -0.25) is 4.79 Å². The number of hydrogen-bond donors (Lipinski definition) is 1. The van der Waals surface area contributed by atoms with E-state index in [0.29, 0.717) is 16.8 Å². The van der Waals surface area contributed by atoms with Gasteiger partial charge in [0.25, 0.3) is 11.6 Å². The number of aryl methyl sites for hydroxylation is 1. The molecule has 1 saturated carbocycles. The average Bonchev–Trinajstić information content (AvgIpc) is 3.44. The first kappa shape index (κ1) is 18.3. The number of carbonyl (C=O) groups is 1. The van der Waals surface area contributed by atoms with Crippen LogP contribution in [0, 0.1) is 6.92 Å². The van der Waals surface area contributed by atoms with Crippen molar-refractivity contribution >= 4 is 22.7 Å². The molecule has 3 aromatic rings. The van der Waals surface area contributed by atoms with Gasteiger partial charge < -0.3 is 14.6 Å². The number of rotatable bonds is 4. The van der Waals surface area contributed by atoms with Crippen molar-refractivity contribution in [2.24, 2.45) is 0 Å². The Bertz CT molecular complexity index is 1070. The highest BCUT2D eigenvalue weighted by Gasteiger charge is 2.35. The van der Waals surface area contributed by atoms with E-state index in [1.807, 2.05) is 0 Å². The average molecular weight is 391 g/mol. The SMILES string of the molecule is COc1ccc(NC(=O)c2cc(C3CC3)nc3onc(C)c23)c(C(F)(F)F)c1. The molecule has 0 bridgehead atoms. The fraction of sp³-hybridized carbons (Fsp3) is 0.316. The monoisotopic (exact) mass is 391 g/mol. The number of amides is 1. The van der Waals surface area contributed by atoms with Gasteiger partial charge in [-0.2, -0.15) is 13.2 Å². The predicted octanol–water partition coefficient (Wildman–Crippen LogP) is 4.69. The summed E-state index contributed by atoms with van der Waals surface area (Å²) in [5.41, 5.74) is 0.174. The van der Waals surface area contributed by atoms with E-state index in [4.69, 9.17) is 9.26 Å². The Morgan fingerprint density at radius 2 is 2.04 bits per heavy atom. The quantitative estimate of drug-likeness (QED) is 0.698. The van der Waals surface area contributed by atoms with Crippen LogP contribution in [0.4, 0.5) is 18.9 Å². The highest BCUT2D eigenvalue weighted by molar-refractivity contribution is 6.12. The summed E-state index contributed by atoms with van der Waals surface area (Å²) in [5, 5.41) is 6.59. The number of anilines is 1. The van der Waals surface area contributed by atoms with E-state index in [0.717, 1.165) is 18.9 Å². The van der Waals surface area contributed by atoms with Crippen LogP contribution in [0.2, 0.25) is 0 Å². The maximum Gasteiger partial charge on any atom is 0.418 e. The molecule has 0 saturated heterocycles. The topological polar surface area (TPSA) is 77.2 Å². The van der Waals surface area contributed by atoms with E-state index in [9.17, 15) is 18.0 Å².